The van der Waals surface area contributed by atoms with Crippen LogP contribution >= 0.6 is 0 Å². The van der Waals surface area contributed by atoms with Crippen LogP contribution < -0.4 is 14.2 Å². The van der Waals surface area contributed by atoms with Gasteiger partial charge in [0.2, 0.25) is 5.75 Å². The second-order valence-electron chi connectivity index (χ2n) is 6.86. The van der Waals surface area contributed by atoms with Gasteiger partial charge in [-0.1, -0.05) is 0 Å². The summed E-state index contributed by atoms with van der Waals surface area (Å²) in [4.78, 5) is 14.8. The van der Waals surface area contributed by atoms with E-state index in [9.17, 15) is 23.3 Å². The van der Waals surface area contributed by atoms with Gasteiger partial charge in [-0.25, -0.2) is 0 Å². The third kappa shape index (κ3) is 6.25. The highest BCUT2D eigenvalue weighted by Crippen LogP contribution is 2.40. The number of aliphatic imine (C=N–C) groups is 1. The molecule has 0 aliphatic rings. The van der Waals surface area contributed by atoms with E-state index in [1.807, 2.05) is 6.92 Å². The van der Waals surface area contributed by atoms with Crippen molar-refractivity contribution < 1.29 is 32.3 Å². The molecule has 3 aromatic rings. The van der Waals surface area contributed by atoms with Crippen molar-refractivity contribution in [2.75, 3.05) is 13.2 Å². The zero-order chi connectivity index (χ0) is 24.7. The van der Waals surface area contributed by atoms with Crippen molar-refractivity contribution in [1.29, 1.82) is 0 Å². The van der Waals surface area contributed by atoms with E-state index in [0.29, 0.717) is 23.9 Å². The smallest absolute Gasteiger partial charge is 0.416 e. The first-order valence-electron chi connectivity index (χ1n) is 10.3. The molecule has 10 heteroatoms. The summed E-state index contributed by atoms with van der Waals surface area (Å²) in [6.45, 7) is 4.47. The quantitative estimate of drug-likeness (QED) is 0.190. The van der Waals surface area contributed by atoms with E-state index in [4.69, 9.17) is 14.2 Å². The summed E-state index contributed by atoms with van der Waals surface area (Å²) in [5, 5.41) is 11.3. The molecule has 0 atom stereocenters. The predicted octanol–water partition coefficient (Wildman–Crippen LogP) is 6.95. The van der Waals surface area contributed by atoms with Gasteiger partial charge in [0.15, 0.2) is 11.5 Å². The second kappa shape index (κ2) is 10.7. The van der Waals surface area contributed by atoms with Crippen molar-refractivity contribution in [2.45, 2.75) is 20.0 Å². The summed E-state index contributed by atoms with van der Waals surface area (Å²) in [7, 11) is 0. The maximum Gasteiger partial charge on any atom is 0.416 e. The molecule has 0 bridgehead atoms. The Labute approximate surface area is 193 Å². The maximum absolute atomic E-state index is 12.9. The van der Waals surface area contributed by atoms with E-state index >= 15 is 0 Å². The summed E-state index contributed by atoms with van der Waals surface area (Å²) >= 11 is 0. The predicted molar refractivity (Wildman–Crippen MR) is 121 cm³/mol. The molecular weight excluding hydrogens is 453 g/mol. The summed E-state index contributed by atoms with van der Waals surface area (Å²) in [5.41, 5.74) is -0.593. The molecule has 0 saturated carbocycles. The molecule has 0 amide bonds. The minimum absolute atomic E-state index is 0.114. The summed E-state index contributed by atoms with van der Waals surface area (Å²) in [6, 6.07) is 14.0. The fraction of sp³-hybridized carbons (Fsp3) is 0.208. The Kier molecular flexibility index (Phi) is 7.72. The monoisotopic (exact) mass is 474 g/mol. The molecule has 0 unspecified atom stereocenters. The first-order valence-corrected chi connectivity index (χ1v) is 10.3. The van der Waals surface area contributed by atoms with Crippen LogP contribution in [0.2, 0.25) is 0 Å². The molecule has 0 N–H and O–H groups in total. The number of nitro groups is 1. The number of rotatable bonds is 9. The Bertz CT molecular complexity index is 1180. The lowest BCUT2D eigenvalue weighted by molar-refractivity contribution is -0.385. The minimum atomic E-state index is -4.72. The van der Waals surface area contributed by atoms with E-state index < -0.39 is 22.4 Å². The average Bonchev–Trinajstić information content (AvgIpc) is 2.80. The van der Waals surface area contributed by atoms with Gasteiger partial charge >= 0.3 is 11.9 Å². The maximum atomic E-state index is 12.9. The van der Waals surface area contributed by atoms with Crippen LogP contribution in [0.15, 0.2) is 65.7 Å². The molecule has 0 aliphatic carbocycles. The van der Waals surface area contributed by atoms with Crippen LogP contribution in [0.5, 0.6) is 23.0 Å². The van der Waals surface area contributed by atoms with Crippen LogP contribution in [0.3, 0.4) is 0 Å². The second-order valence-corrected chi connectivity index (χ2v) is 6.86. The van der Waals surface area contributed by atoms with Gasteiger partial charge in [0, 0.05) is 12.3 Å². The number of ether oxygens (including phenoxy) is 3. The van der Waals surface area contributed by atoms with Crippen molar-refractivity contribution in [3.05, 3.63) is 81.9 Å². The first kappa shape index (κ1) is 24.6. The van der Waals surface area contributed by atoms with Crippen LogP contribution in [-0.4, -0.2) is 24.4 Å². The third-order valence-corrected chi connectivity index (χ3v) is 4.48. The third-order valence-electron chi connectivity index (χ3n) is 4.48. The fourth-order valence-corrected chi connectivity index (χ4v) is 2.94. The van der Waals surface area contributed by atoms with Crippen molar-refractivity contribution in [2.24, 2.45) is 4.99 Å². The number of hydrogen-bond donors (Lipinski definition) is 0. The SMILES string of the molecule is CCOc1ccc(N=Cc2ccc(Oc3ccc(C(F)(F)F)cc3[N+](=O)[O-])c(OCC)c2)cc1. The highest BCUT2D eigenvalue weighted by atomic mass is 19.4. The molecule has 0 saturated heterocycles. The molecule has 3 aromatic carbocycles. The van der Waals surface area contributed by atoms with E-state index in [1.54, 1.807) is 49.5 Å². The van der Waals surface area contributed by atoms with E-state index in [2.05, 4.69) is 4.99 Å². The van der Waals surface area contributed by atoms with Gasteiger partial charge in [0.25, 0.3) is 0 Å². The molecule has 0 spiro atoms. The standard InChI is InChI=1S/C24H21F3N2O5/c1-3-32-19-9-7-18(8-10-19)28-15-16-5-11-22(23(13-16)33-4-2)34-21-12-6-17(24(25,26)27)14-20(21)29(30)31/h5-15H,3-4H2,1-2H3. The molecule has 0 heterocycles. The van der Waals surface area contributed by atoms with Crippen molar-refractivity contribution in [3.8, 4) is 23.0 Å². The van der Waals surface area contributed by atoms with Gasteiger partial charge in [0.1, 0.15) is 5.75 Å². The minimum Gasteiger partial charge on any atom is -0.494 e. The van der Waals surface area contributed by atoms with Crippen LogP contribution in [0.25, 0.3) is 0 Å². The van der Waals surface area contributed by atoms with Crippen molar-refractivity contribution in [3.63, 3.8) is 0 Å². The van der Waals surface area contributed by atoms with Crippen molar-refractivity contribution >= 4 is 17.6 Å². The molecule has 7 nitrogen and oxygen atoms in total. The molecule has 34 heavy (non-hydrogen) atoms. The molecule has 178 valence electrons. The van der Waals surface area contributed by atoms with Gasteiger partial charge in [-0.15, -0.1) is 0 Å². The van der Waals surface area contributed by atoms with E-state index in [-0.39, 0.29) is 23.9 Å². The van der Waals surface area contributed by atoms with Gasteiger partial charge in [-0.3, -0.25) is 15.1 Å². The number of nitrogens with zero attached hydrogens (tertiary/aromatic N) is 2. The Balaban J connectivity index is 1.86. The zero-order valence-electron chi connectivity index (χ0n) is 18.3. The summed E-state index contributed by atoms with van der Waals surface area (Å²) in [5.74, 6) is 0.768. The normalized spacial score (nSPS) is 11.4. The largest absolute Gasteiger partial charge is 0.494 e. The lowest BCUT2D eigenvalue weighted by Gasteiger charge is -2.13. The highest BCUT2D eigenvalue weighted by Gasteiger charge is 2.33. The average molecular weight is 474 g/mol. The van der Waals surface area contributed by atoms with Crippen LogP contribution in [0, 0.1) is 10.1 Å². The Hall–Kier alpha value is -4.08. The van der Waals surface area contributed by atoms with E-state index in [0.717, 1.165) is 17.9 Å². The highest BCUT2D eigenvalue weighted by molar-refractivity contribution is 5.83. The van der Waals surface area contributed by atoms with Gasteiger partial charge < -0.3 is 14.2 Å². The zero-order valence-corrected chi connectivity index (χ0v) is 18.3. The summed E-state index contributed by atoms with van der Waals surface area (Å²) < 4.78 is 55.4. The summed E-state index contributed by atoms with van der Waals surface area (Å²) in [6.07, 6.45) is -3.12. The number of hydrogen-bond acceptors (Lipinski definition) is 6. The molecule has 0 aliphatic heterocycles. The van der Waals surface area contributed by atoms with E-state index in [1.165, 1.54) is 6.07 Å². The Morgan fingerprint density at radius 2 is 1.59 bits per heavy atom. The van der Waals surface area contributed by atoms with Gasteiger partial charge in [-0.05, 0) is 74.0 Å². The molecule has 0 aromatic heterocycles. The Morgan fingerprint density at radius 1 is 0.912 bits per heavy atom. The van der Waals surface area contributed by atoms with Crippen LogP contribution in [-0.2, 0) is 6.18 Å². The molecule has 0 radical (unpaired) electrons. The lowest BCUT2D eigenvalue weighted by Crippen LogP contribution is -2.06. The molecular formula is C24H21F3N2O5. The number of halogens is 3. The number of nitro benzene ring substituents is 1. The molecule has 0 fully saturated rings. The topological polar surface area (TPSA) is 83.2 Å². The fourth-order valence-electron chi connectivity index (χ4n) is 2.94. The van der Waals surface area contributed by atoms with Crippen LogP contribution in [0.1, 0.15) is 25.0 Å². The Morgan fingerprint density at radius 3 is 2.21 bits per heavy atom. The lowest BCUT2D eigenvalue weighted by atomic mass is 10.1. The van der Waals surface area contributed by atoms with Gasteiger partial charge in [-0.2, -0.15) is 13.2 Å². The van der Waals surface area contributed by atoms with Crippen molar-refractivity contribution in [1.82, 2.24) is 0 Å². The van der Waals surface area contributed by atoms with Crippen LogP contribution in [0.4, 0.5) is 24.5 Å². The first-order chi connectivity index (χ1) is 16.2. The molecule has 3 rings (SSSR count). The van der Waals surface area contributed by atoms with Gasteiger partial charge in [0.05, 0.1) is 29.4 Å². The number of alkyl halides is 3. The number of benzene rings is 3.